The number of rotatable bonds is 4. The minimum absolute atomic E-state index is 0.0360. The van der Waals surface area contributed by atoms with Crippen molar-refractivity contribution < 1.29 is 14.1 Å². The third-order valence-corrected chi connectivity index (χ3v) is 4.44. The van der Waals surface area contributed by atoms with Gasteiger partial charge in [-0.15, -0.1) is 0 Å². The Hall–Kier alpha value is -3.18. The minimum atomic E-state index is -0.456. The maximum atomic E-state index is 12.8. The van der Waals surface area contributed by atoms with Crippen molar-refractivity contribution in [2.75, 3.05) is 0 Å². The second-order valence-electron chi connectivity index (χ2n) is 6.06. The number of carbonyl (C=O) groups excluding carboxylic acids is 1. The molecule has 2 aromatic carbocycles. The third kappa shape index (κ3) is 3.55. The van der Waals surface area contributed by atoms with Crippen LogP contribution in [0.25, 0.3) is 22.2 Å². The quantitative estimate of drug-likeness (QED) is 0.456. The van der Waals surface area contributed by atoms with Gasteiger partial charge in [0, 0.05) is 22.0 Å². The molecule has 0 N–H and O–H groups in total. The zero-order valence-corrected chi connectivity index (χ0v) is 15.2. The van der Waals surface area contributed by atoms with Crippen molar-refractivity contribution in [3.63, 3.8) is 0 Å². The van der Waals surface area contributed by atoms with E-state index in [1.54, 1.807) is 25.1 Å². The van der Waals surface area contributed by atoms with Gasteiger partial charge in [-0.05, 0) is 25.1 Å². The number of hydrogen-bond donors (Lipinski definition) is 0. The van der Waals surface area contributed by atoms with Crippen molar-refractivity contribution in [3.05, 3.63) is 82.7 Å². The fourth-order valence-corrected chi connectivity index (χ4v) is 3.09. The molecule has 0 aliphatic carbocycles. The van der Waals surface area contributed by atoms with Gasteiger partial charge in [-0.2, -0.15) is 0 Å². The number of ether oxygens (including phenoxy) is 1. The highest BCUT2D eigenvalue weighted by Crippen LogP contribution is 2.30. The van der Waals surface area contributed by atoms with Crippen molar-refractivity contribution >= 4 is 28.5 Å². The minimum Gasteiger partial charge on any atom is -0.455 e. The Morgan fingerprint density at radius 2 is 1.89 bits per heavy atom. The number of hydrogen-bond acceptors (Lipinski definition) is 5. The lowest BCUT2D eigenvalue weighted by atomic mass is 10.0. The van der Waals surface area contributed by atoms with Gasteiger partial charge in [-0.1, -0.05) is 53.2 Å². The Labute approximate surface area is 160 Å². The molecule has 0 saturated heterocycles. The molecule has 2 heterocycles. The van der Waals surface area contributed by atoms with Crippen LogP contribution in [0.15, 0.2) is 65.2 Å². The van der Waals surface area contributed by atoms with E-state index in [-0.39, 0.29) is 6.61 Å². The number of carbonyl (C=O) groups is 1. The summed E-state index contributed by atoms with van der Waals surface area (Å²) in [5.74, 6) is 0.207. The average molecular weight is 379 g/mol. The molecule has 0 fully saturated rings. The normalized spacial score (nSPS) is 10.9. The lowest BCUT2D eigenvalue weighted by Gasteiger charge is -2.10. The number of aryl methyl sites for hydroxylation is 1. The largest absolute Gasteiger partial charge is 0.455 e. The number of pyridine rings is 1. The number of benzene rings is 2. The number of para-hydroxylation sites is 1. The van der Waals surface area contributed by atoms with Gasteiger partial charge in [0.25, 0.3) is 0 Å². The smallest absolute Gasteiger partial charge is 0.339 e. The predicted molar refractivity (Wildman–Crippen MR) is 103 cm³/mol. The molecule has 0 unspecified atom stereocenters. The third-order valence-electron chi connectivity index (χ3n) is 4.11. The van der Waals surface area contributed by atoms with E-state index in [4.69, 9.17) is 20.9 Å². The first-order chi connectivity index (χ1) is 13.1. The fourth-order valence-electron chi connectivity index (χ4n) is 2.85. The molecule has 0 aliphatic heterocycles. The summed E-state index contributed by atoms with van der Waals surface area (Å²) in [4.78, 5) is 17.4. The van der Waals surface area contributed by atoms with E-state index >= 15 is 0 Å². The molecule has 4 rings (SSSR count). The van der Waals surface area contributed by atoms with E-state index in [9.17, 15) is 4.79 Å². The molecular formula is C21H15ClN2O3. The summed E-state index contributed by atoms with van der Waals surface area (Å²) in [6, 6.07) is 18.3. The monoisotopic (exact) mass is 378 g/mol. The van der Waals surface area contributed by atoms with Crippen LogP contribution in [-0.2, 0) is 11.3 Å². The second-order valence-corrected chi connectivity index (χ2v) is 6.46. The van der Waals surface area contributed by atoms with E-state index in [0.29, 0.717) is 33.3 Å². The predicted octanol–water partition coefficient (Wildman–Crippen LogP) is 5.21. The topological polar surface area (TPSA) is 65.2 Å². The van der Waals surface area contributed by atoms with Gasteiger partial charge in [-0.3, -0.25) is 0 Å². The lowest BCUT2D eigenvalue weighted by molar-refractivity contribution is 0.0466. The van der Waals surface area contributed by atoms with Crippen LogP contribution in [0.5, 0.6) is 0 Å². The molecule has 5 nitrogen and oxygen atoms in total. The van der Waals surface area contributed by atoms with E-state index in [1.165, 1.54) is 0 Å². The zero-order valence-electron chi connectivity index (χ0n) is 14.5. The van der Waals surface area contributed by atoms with Gasteiger partial charge in [-0.25, -0.2) is 9.78 Å². The Morgan fingerprint density at radius 1 is 1.11 bits per heavy atom. The molecule has 2 aromatic heterocycles. The Morgan fingerprint density at radius 3 is 2.67 bits per heavy atom. The lowest BCUT2D eigenvalue weighted by Crippen LogP contribution is -2.07. The van der Waals surface area contributed by atoms with Gasteiger partial charge < -0.3 is 9.26 Å². The first kappa shape index (κ1) is 17.2. The van der Waals surface area contributed by atoms with E-state index < -0.39 is 5.97 Å². The van der Waals surface area contributed by atoms with E-state index in [2.05, 4.69) is 10.1 Å². The van der Waals surface area contributed by atoms with E-state index in [1.807, 2.05) is 42.5 Å². The number of nitrogens with zero attached hydrogens (tertiary/aromatic N) is 2. The molecule has 0 atom stereocenters. The summed E-state index contributed by atoms with van der Waals surface area (Å²) in [6.07, 6.45) is 0. The van der Waals surface area contributed by atoms with Crippen LogP contribution in [-0.4, -0.2) is 16.1 Å². The molecule has 0 radical (unpaired) electrons. The molecule has 27 heavy (non-hydrogen) atoms. The van der Waals surface area contributed by atoms with Crippen LogP contribution >= 0.6 is 11.6 Å². The van der Waals surface area contributed by atoms with Crippen LogP contribution in [0.3, 0.4) is 0 Å². The maximum Gasteiger partial charge on any atom is 0.339 e. The summed E-state index contributed by atoms with van der Waals surface area (Å²) in [5.41, 5.74) is 3.05. The van der Waals surface area contributed by atoms with Crippen LogP contribution in [0.1, 0.15) is 21.8 Å². The highest BCUT2D eigenvalue weighted by molar-refractivity contribution is 6.33. The number of aromatic nitrogens is 2. The van der Waals surface area contributed by atoms with Gasteiger partial charge in [0.1, 0.15) is 18.1 Å². The Balaban J connectivity index is 1.74. The van der Waals surface area contributed by atoms with E-state index in [0.717, 1.165) is 10.9 Å². The summed E-state index contributed by atoms with van der Waals surface area (Å²) in [7, 11) is 0. The van der Waals surface area contributed by atoms with Crippen LogP contribution < -0.4 is 0 Å². The summed E-state index contributed by atoms with van der Waals surface area (Å²) >= 11 is 6.31. The molecule has 6 heteroatoms. The van der Waals surface area contributed by atoms with Crippen LogP contribution in [0.4, 0.5) is 0 Å². The van der Waals surface area contributed by atoms with Crippen molar-refractivity contribution in [1.82, 2.24) is 10.1 Å². The first-order valence-corrected chi connectivity index (χ1v) is 8.73. The Kier molecular flexibility index (Phi) is 4.60. The molecular weight excluding hydrogens is 364 g/mol. The van der Waals surface area contributed by atoms with Gasteiger partial charge in [0.2, 0.25) is 0 Å². The van der Waals surface area contributed by atoms with Crippen molar-refractivity contribution in [1.29, 1.82) is 0 Å². The fraction of sp³-hybridized carbons (Fsp3) is 0.0952. The SMILES string of the molecule is Cc1cc(COC(=O)c2cc(-c3ccccc3Cl)nc3ccccc23)no1. The summed E-state index contributed by atoms with van der Waals surface area (Å²) in [6.45, 7) is 1.82. The Bertz CT molecular complexity index is 1140. The highest BCUT2D eigenvalue weighted by Gasteiger charge is 2.17. The second kappa shape index (κ2) is 7.21. The van der Waals surface area contributed by atoms with Crippen molar-refractivity contribution in [2.24, 2.45) is 0 Å². The number of esters is 1. The zero-order chi connectivity index (χ0) is 18.8. The standard InChI is InChI=1S/C21H15ClN2O3/c1-13-10-14(24-27-13)12-26-21(25)17-11-20(16-7-2-4-8-18(16)22)23-19-9-5-3-6-15(17)19/h2-11H,12H2,1H3. The first-order valence-electron chi connectivity index (χ1n) is 8.36. The highest BCUT2D eigenvalue weighted by atomic mass is 35.5. The average Bonchev–Trinajstić information content (AvgIpc) is 3.11. The molecule has 0 bridgehead atoms. The summed E-state index contributed by atoms with van der Waals surface area (Å²) < 4.78 is 10.4. The number of fused-ring (bicyclic) bond motifs is 1. The van der Waals surface area contributed by atoms with Crippen molar-refractivity contribution in [2.45, 2.75) is 13.5 Å². The maximum absolute atomic E-state index is 12.8. The summed E-state index contributed by atoms with van der Waals surface area (Å²) in [5, 5.41) is 5.12. The van der Waals surface area contributed by atoms with Crippen molar-refractivity contribution in [3.8, 4) is 11.3 Å². The molecule has 0 saturated carbocycles. The number of halogens is 1. The molecule has 0 aliphatic rings. The molecule has 0 amide bonds. The molecule has 0 spiro atoms. The van der Waals surface area contributed by atoms with Gasteiger partial charge in [0.15, 0.2) is 0 Å². The molecule has 4 aromatic rings. The van der Waals surface area contributed by atoms with Crippen LogP contribution in [0, 0.1) is 6.92 Å². The van der Waals surface area contributed by atoms with Gasteiger partial charge >= 0.3 is 5.97 Å². The van der Waals surface area contributed by atoms with Gasteiger partial charge in [0.05, 0.1) is 16.8 Å². The molecule has 134 valence electrons. The van der Waals surface area contributed by atoms with Crippen LogP contribution in [0.2, 0.25) is 5.02 Å².